The van der Waals surface area contributed by atoms with Gasteiger partial charge >= 0.3 is 0 Å². The Morgan fingerprint density at radius 1 is 1.00 bits per heavy atom. The van der Waals surface area contributed by atoms with E-state index in [1.165, 1.54) is 10.3 Å². The largest absolute Gasteiger partial charge is 0.269 e. The van der Waals surface area contributed by atoms with Gasteiger partial charge in [-0.2, -0.15) is 0 Å². The normalized spacial score (nSPS) is 11.9. The Hall–Kier alpha value is -2.14. The Morgan fingerprint density at radius 2 is 1.65 bits per heavy atom. The maximum Gasteiger partial charge on any atom is 0.269 e. The predicted octanol–water partition coefficient (Wildman–Crippen LogP) is 2.89. The molecule has 2 aromatic carbocycles. The lowest BCUT2D eigenvalue weighted by molar-refractivity contribution is 0.588. The summed E-state index contributed by atoms with van der Waals surface area (Å²) in [4.78, 5) is 4.46. The number of nitrogens with zero attached hydrogens (tertiary/aromatic N) is 2. The Balaban J connectivity index is 2.28. The quantitative estimate of drug-likeness (QED) is 0.728. The Morgan fingerprint density at radius 3 is 2.35 bits per heavy atom. The van der Waals surface area contributed by atoms with Crippen molar-refractivity contribution in [1.29, 1.82) is 0 Å². The van der Waals surface area contributed by atoms with Gasteiger partial charge in [0.1, 0.15) is 6.33 Å². The molecule has 4 nitrogen and oxygen atoms in total. The maximum atomic E-state index is 12.6. The second-order valence-electron chi connectivity index (χ2n) is 4.78. The van der Waals surface area contributed by atoms with E-state index in [9.17, 15) is 8.42 Å². The first kappa shape index (κ1) is 12.9. The molecule has 0 saturated heterocycles. The summed E-state index contributed by atoms with van der Waals surface area (Å²) in [5, 5.41) is 0. The molecule has 0 N–H and O–H groups in total. The van der Waals surface area contributed by atoms with Crippen LogP contribution >= 0.6 is 0 Å². The summed E-state index contributed by atoms with van der Waals surface area (Å²) >= 11 is 0. The first-order valence-electron chi connectivity index (χ1n) is 6.25. The highest BCUT2D eigenvalue weighted by Gasteiger charge is 2.19. The van der Waals surface area contributed by atoms with Gasteiger partial charge in [-0.3, -0.25) is 0 Å². The van der Waals surface area contributed by atoms with Gasteiger partial charge in [0.05, 0.1) is 15.9 Å². The number of hydrogen-bond donors (Lipinski definition) is 0. The molecule has 1 aromatic heterocycles. The molecule has 5 heteroatoms. The van der Waals surface area contributed by atoms with E-state index in [4.69, 9.17) is 0 Å². The lowest BCUT2D eigenvalue weighted by atomic mass is 10.1. The highest BCUT2D eigenvalue weighted by molar-refractivity contribution is 7.90. The zero-order valence-electron chi connectivity index (χ0n) is 11.2. The fourth-order valence-corrected chi connectivity index (χ4v) is 3.44. The van der Waals surface area contributed by atoms with E-state index in [0.29, 0.717) is 11.0 Å². The zero-order chi connectivity index (χ0) is 14.3. The summed E-state index contributed by atoms with van der Waals surface area (Å²) in [5.41, 5.74) is 3.44. The van der Waals surface area contributed by atoms with E-state index in [1.807, 2.05) is 26.0 Å². The maximum absolute atomic E-state index is 12.6. The van der Waals surface area contributed by atoms with Crippen LogP contribution in [0.3, 0.4) is 0 Å². The van der Waals surface area contributed by atoms with Gasteiger partial charge in [0.25, 0.3) is 10.0 Å². The summed E-state index contributed by atoms with van der Waals surface area (Å²) in [5.74, 6) is 0. The molecule has 102 valence electrons. The van der Waals surface area contributed by atoms with Crippen molar-refractivity contribution >= 4 is 21.1 Å². The van der Waals surface area contributed by atoms with Gasteiger partial charge in [0, 0.05) is 0 Å². The van der Waals surface area contributed by atoms with Crippen LogP contribution in [-0.2, 0) is 10.0 Å². The number of aryl methyl sites for hydroxylation is 2. The number of fused-ring (bicyclic) bond motifs is 1. The molecule has 0 fully saturated rings. The fraction of sp³-hybridized carbons (Fsp3) is 0.133. The Labute approximate surface area is 117 Å². The van der Waals surface area contributed by atoms with Gasteiger partial charge < -0.3 is 0 Å². The molecular weight excluding hydrogens is 272 g/mol. The summed E-state index contributed by atoms with van der Waals surface area (Å²) in [6.07, 6.45) is 1.37. The molecule has 0 atom stereocenters. The first-order chi connectivity index (χ1) is 9.50. The molecule has 0 amide bonds. The van der Waals surface area contributed by atoms with Crippen molar-refractivity contribution in [2.75, 3.05) is 0 Å². The highest BCUT2D eigenvalue weighted by Crippen LogP contribution is 2.22. The molecule has 0 saturated carbocycles. The SMILES string of the molecule is Cc1cc2ncn(S(=O)(=O)c3ccccc3)c2cc1C. The van der Waals surface area contributed by atoms with Crippen LogP contribution in [0.25, 0.3) is 11.0 Å². The summed E-state index contributed by atoms with van der Waals surface area (Å²) < 4.78 is 26.5. The average Bonchev–Trinajstić information content (AvgIpc) is 2.84. The van der Waals surface area contributed by atoms with Gasteiger partial charge in [-0.25, -0.2) is 17.4 Å². The predicted molar refractivity (Wildman–Crippen MR) is 78.2 cm³/mol. The van der Waals surface area contributed by atoms with Crippen LogP contribution in [0.15, 0.2) is 53.7 Å². The lowest BCUT2D eigenvalue weighted by Gasteiger charge is -2.07. The minimum Gasteiger partial charge on any atom is -0.236 e. The standard InChI is InChI=1S/C15H14N2O2S/c1-11-8-14-15(9-12(11)2)17(10-16-14)20(18,19)13-6-4-3-5-7-13/h3-10H,1-2H3. The van der Waals surface area contributed by atoms with Crippen LogP contribution in [-0.4, -0.2) is 17.4 Å². The molecule has 0 bridgehead atoms. The molecule has 0 aliphatic heterocycles. The van der Waals surface area contributed by atoms with Gasteiger partial charge in [-0.05, 0) is 49.2 Å². The lowest BCUT2D eigenvalue weighted by Crippen LogP contribution is -2.11. The number of imidazole rings is 1. The Kier molecular flexibility index (Phi) is 2.87. The molecular formula is C15H14N2O2S. The van der Waals surface area contributed by atoms with Gasteiger partial charge in [0.15, 0.2) is 0 Å². The van der Waals surface area contributed by atoms with Gasteiger partial charge in [-0.1, -0.05) is 18.2 Å². The van der Waals surface area contributed by atoms with Crippen molar-refractivity contribution in [2.45, 2.75) is 18.7 Å². The topological polar surface area (TPSA) is 52.0 Å². The smallest absolute Gasteiger partial charge is 0.236 e. The number of benzene rings is 2. The third-order valence-corrected chi connectivity index (χ3v) is 5.11. The number of rotatable bonds is 2. The van der Waals surface area contributed by atoms with E-state index in [-0.39, 0.29) is 4.90 Å². The summed E-state index contributed by atoms with van der Waals surface area (Å²) in [7, 11) is -3.60. The van der Waals surface area contributed by atoms with Crippen molar-refractivity contribution in [3.63, 3.8) is 0 Å². The van der Waals surface area contributed by atoms with Crippen LogP contribution in [0.1, 0.15) is 11.1 Å². The van der Waals surface area contributed by atoms with Gasteiger partial charge in [0.2, 0.25) is 0 Å². The molecule has 0 unspecified atom stereocenters. The van der Waals surface area contributed by atoms with Crippen molar-refractivity contribution < 1.29 is 8.42 Å². The molecule has 3 aromatic rings. The second kappa shape index (κ2) is 4.45. The van der Waals surface area contributed by atoms with E-state index >= 15 is 0 Å². The van der Waals surface area contributed by atoms with Crippen LogP contribution in [0, 0.1) is 13.8 Å². The van der Waals surface area contributed by atoms with E-state index in [2.05, 4.69) is 4.98 Å². The minimum absolute atomic E-state index is 0.262. The molecule has 3 rings (SSSR count). The molecule has 20 heavy (non-hydrogen) atoms. The van der Waals surface area contributed by atoms with Crippen LogP contribution < -0.4 is 0 Å². The number of aromatic nitrogens is 2. The Bertz CT molecular complexity index is 881. The van der Waals surface area contributed by atoms with E-state index < -0.39 is 10.0 Å². The second-order valence-corrected chi connectivity index (χ2v) is 6.60. The van der Waals surface area contributed by atoms with Crippen molar-refractivity contribution in [3.05, 3.63) is 59.9 Å². The molecule has 0 aliphatic rings. The molecule has 0 aliphatic carbocycles. The van der Waals surface area contributed by atoms with Crippen LogP contribution in [0.5, 0.6) is 0 Å². The van der Waals surface area contributed by atoms with E-state index in [0.717, 1.165) is 11.1 Å². The van der Waals surface area contributed by atoms with Gasteiger partial charge in [-0.15, -0.1) is 0 Å². The molecule has 1 heterocycles. The summed E-state index contributed by atoms with van der Waals surface area (Å²) in [6, 6.07) is 12.1. The average molecular weight is 286 g/mol. The number of hydrogen-bond acceptors (Lipinski definition) is 3. The minimum atomic E-state index is -3.60. The molecule has 0 spiro atoms. The van der Waals surface area contributed by atoms with Crippen molar-refractivity contribution in [1.82, 2.24) is 8.96 Å². The van der Waals surface area contributed by atoms with Crippen molar-refractivity contribution in [2.24, 2.45) is 0 Å². The van der Waals surface area contributed by atoms with Crippen molar-refractivity contribution in [3.8, 4) is 0 Å². The summed E-state index contributed by atoms with van der Waals surface area (Å²) in [6.45, 7) is 3.95. The van der Waals surface area contributed by atoms with E-state index in [1.54, 1.807) is 30.3 Å². The highest BCUT2D eigenvalue weighted by atomic mass is 32.2. The van der Waals surface area contributed by atoms with Crippen LogP contribution in [0.2, 0.25) is 0 Å². The molecule has 0 radical (unpaired) electrons. The third kappa shape index (κ3) is 1.91. The zero-order valence-corrected chi connectivity index (χ0v) is 12.1. The third-order valence-electron chi connectivity index (χ3n) is 3.43. The van der Waals surface area contributed by atoms with Crippen LogP contribution in [0.4, 0.5) is 0 Å². The monoisotopic (exact) mass is 286 g/mol. The fourth-order valence-electron chi connectivity index (χ4n) is 2.14. The first-order valence-corrected chi connectivity index (χ1v) is 7.69.